The molecule has 0 unspecified atom stereocenters. The van der Waals surface area contributed by atoms with Crippen LogP contribution in [-0.4, -0.2) is 48.4 Å². The van der Waals surface area contributed by atoms with Gasteiger partial charge in [-0.2, -0.15) is 0 Å². The second kappa shape index (κ2) is 8.56. The van der Waals surface area contributed by atoms with E-state index in [-0.39, 0.29) is 24.3 Å². The summed E-state index contributed by atoms with van der Waals surface area (Å²) in [4.78, 5) is 28.3. The molecule has 1 aliphatic heterocycles. The topological polar surface area (TPSA) is 63.0 Å². The van der Waals surface area contributed by atoms with Gasteiger partial charge in [-0.1, -0.05) is 18.2 Å². The zero-order valence-corrected chi connectivity index (χ0v) is 15.0. The fraction of sp³-hybridized carbons (Fsp3) is 0.400. The summed E-state index contributed by atoms with van der Waals surface area (Å²) in [5.74, 6) is 1.48. The predicted molar refractivity (Wildman–Crippen MR) is 96.4 cm³/mol. The smallest absolute Gasteiger partial charge is 0.260 e. The maximum absolute atomic E-state index is 12.6. The van der Waals surface area contributed by atoms with Crippen LogP contribution in [0, 0.1) is 5.92 Å². The molecule has 2 aromatic rings. The highest BCUT2D eigenvalue weighted by molar-refractivity contribution is 5.80. The number of amides is 2. The van der Waals surface area contributed by atoms with Crippen LogP contribution >= 0.6 is 0 Å². The Kier molecular flexibility index (Phi) is 5.94. The van der Waals surface area contributed by atoms with Crippen molar-refractivity contribution in [2.45, 2.75) is 19.4 Å². The predicted octanol–water partition coefficient (Wildman–Crippen LogP) is 2.56. The largest absolute Gasteiger partial charge is 0.484 e. The molecule has 138 valence electrons. The van der Waals surface area contributed by atoms with Gasteiger partial charge in [0.2, 0.25) is 5.91 Å². The third kappa shape index (κ3) is 4.65. The Hall–Kier alpha value is -2.76. The van der Waals surface area contributed by atoms with Gasteiger partial charge in [-0.15, -0.1) is 0 Å². The molecule has 1 aliphatic rings. The van der Waals surface area contributed by atoms with Crippen LogP contribution < -0.4 is 4.74 Å². The molecule has 0 radical (unpaired) electrons. The van der Waals surface area contributed by atoms with Gasteiger partial charge in [-0.25, -0.2) is 0 Å². The number of carbonyl (C=O) groups is 2. The van der Waals surface area contributed by atoms with Crippen molar-refractivity contribution in [3.05, 3.63) is 54.5 Å². The maximum Gasteiger partial charge on any atom is 0.260 e. The van der Waals surface area contributed by atoms with E-state index >= 15 is 0 Å². The molecule has 0 saturated carbocycles. The normalized spacial score (nSPS) is 14.9. The Morgan fingerprint density at radius 3 is 2.54 bits per heavy atom. The minimum Gasteiger partial charge on any atom is -0.484 e. The molecule has 1 aromatic carbocycles. The van der Waals surface area contributed by atoms with Gasteiger partial charge < -0.3 is 19.0 Å². The van der Waals surface area contributed by atoms with E-state index in [0.29, 0.717) is 38.2 Å². The van der Waals surface area contributed by atoms with Crippen LogP contribution in [0.2, 0.25) is 0 Å². The summed E-state index contributed by atoms with van der Waals surface area (Å²) >= 11 is 0. The number of hydrogen-bond acceptors (Lipinski definition) is 4. The number of likely N-dealkylation sites (tertiary alicyclic amines) is 1. The molecule has 0 aliphatic carbocycles. The van der Waals surface area contributed by atoms with Crippen LogP contribution in [-0.2, 0) is 16.1 Å². The summed E-state index contributed by atoms with van der Waals surface area (Å²) in [5, 5.41) is 0. The van der Waals surface area contributed by atoms with E-state index in [1.54, 1.807) is 23.1 Å². The fourth-order valence-electron chi connectivity index (χ4n) is 3.15. The Bertz CT molecular complexity index is 707. The van der Waals surface area contributed by atoms with Crippen LogP contribution in [0.5, 0.6) is 5.75 Å². The highest BCUT2D eigenvalue weighted by Gasteiger charge is 2.29. The van der Waals surface area contributed by atoms with E-state index in [1.807, 2.05) is 42.5 Å². The first-order valence-electron chi connectivity index (χ1n) is 8.86. The minimum atomic E-state index is -0.0472. The summed E-state index contributed by atoms with van der Waals surface area (Å²) in [7, 11) is 1.79. The number of para-hydroxylation sites is 1. The number of benzene rings is 1. The van der Waals surface area contributed by atoms with Crippen molar-refractivity contribution < 1.29 is 18.7 Å². The number of nitrogens with zero attached hydrogens (tertiary/aromatic N) is 2. The third-order valence-corrected chi connectivity index (χ3v) is 4.65. The molecule has 0 atom stereocenters. The summed E-state index contributed by atoms with van der Waals surface area (Å²) in [6.07, 6.45) is 2.96. The highest BCUT2D eigenvalue weighted by atomic mass is 16.5. The van der Waals surface area contributed by atoms with E-state index in [1.165, 1.54) is 0 Å². The molecule has 2 heterocycles. The Morgan fingerprint density at radius 2 is 1.88 bits per heavy atom. The van der Waals surface area contributed by atoms with Crippen LogP contribution in [0.25, 0.3) is 0 Å². The summed E-state index contributed by atoms with van der Waals surface area (Å²) < 4.78 is 10.8. The average molecular weight is 356 g/mol. The molecular formula is C20H24N2O4. The average Bonchev–Trinajstić information content (AvgIpc) is 3.19. The van der Waals surface area contributed by atoms with Crippen molar-refractivity contribution in [1.82, 2.24) is 9.80 Å². The van der Waals surface area contributed by atoms with E-state index in [4.69, 9.17) is 9.15 Å². The van der Waals surface area contributed by atoms with E-state index in [0.717, 1.165) is 5.76 Å². The lowest BCUT2D eigenvalue weighted by atomic mass is 9.95. The monoisotopic (exact) mass is 356 g/mol. The molecule has 0 N–H and O–H groups in total. The molecule has 26 heavy (non-hydrogen) atoms. The Morgan fingerprint density at radius 1 is 1.15 bits per heavy atom. The minimum absolute atomic E-state index is 0.0288. The van der Waals surface area contributed by atoms with Gasteiger partial charge in [0.15, 0.2) is 6.61 Å². The SMILES string of the molecule is CN(Cc1ccco1)C(=O)C1CCN(C(=O)COc2ccccc2)CC1. The molecule has 6 heteroatoms. The number of piperidine rings is 1. The number of ether oxygens (including phenoxy) is 1. The molecule has 1 fully saturated rings. The molecule has 6 nitrogen and oxygen atoms in total. The lowest BCUT2D eigenvalue weighted by Gasteiger charge is -2.33. The molecule has 0 bridgehead atoms. The van der Waals surface area contributed by atoms with Crippen LogP contribution in [0.4, 0.5) is 0 Å². The standard InChI is InChI=1S/C20H24N2O4/c1-21(14-18-8-5-13-25-18)20(24)16-9-11-22(12-10-16)19(23)15-26-17-6-3-2-4-7-17/h2-8,13,16H,9-12,14-15H2,1H3. The van der Waals surface area contributed by atoms with Crippen molar-refractivity contribution in [2.75, 3.05) is 26.7 Å². The van der Waals surface area contributed by atoms with Crippen LogP contribution in [0.1, 0.15) is 18.6 Å². The molecular weight excluding hydrogens is 332 g/mol. The van der Waals surface area contributed by atoms with Gasteiger partial charge in [-0.05, 0) is 37.1 Å². The molecule has 1 aromatic heterocycles. The summed E-state index contributed by atoms with van der Waals surface area (Å²) in [6, 6.07) is 13.0. The van der Waals surface area contributed by atoms with Crippen LogP contribution in [0.3, 0.4) is 0 Å². The number of furan rings is 1. The van der Waals surface area contributed by atoms with Gasteiger partial charge in [-0.3, -0.25) is 9.59 Å². The second-order valence-electron chi connectivity index (χ2n) is 6.53. The van der Waals surface area contributed by atoms with Gasteiger partial charge >= 0.3 is 0 Å². The highest BCUT2D eigenvalue weighted by Crippen LogP contribution is 2.20. The van der Waals surface area contributed by atoms with Gasteiger partial charge in [0.05, 0.1) is 12.8 Å². The van der Waals surface area contributed by atoms with E-state index in [2.05, 4.69) is 0 Å². The third-order valence-electron chi connectivity index (χ3n) is 4.65. The molecule has 2 amide bonds. The van der Waals surface area contributed by atoms with Gasteiger partial charge in [0, 0.05) is 26.1 Å². The van der Waals surface area contributed by atoms with Crippen molar-refractivity contribution in [1.29, 1.82) is 0 Å². The Balaban J connectivity index is 1.43. The first kappa shape index (κ1) is 18.0. The summed E-state index contributed by atoms with van der Waals surface area (Å²) in [6.45, 7) is 1.67. The second-order valence-corrected chi connectivity index (χ2v) is 6.53. The lowest BCUT2D eigenvalue weighted by Crippen LogP contribution is -2.44. The summed E-state index contributed by atoms with van der Waals surface area (Å²) in [5.41, 5.74) is 0. The number of carbonyl (C=O) groups excluding carboxylic acids is 2. The van der Waals surface area contributed by atoms with E-state index < -0.39 is 0 Å². The number of rotatable bonds is 6. The van der Waals surface area contributed by atoms with Crippen molar-refractivity contribution >= 4 is 11.8 Å². The molecule has 1 saturated heterocycles. The first-order chi connectivity index (χ1) is 12.6. The fourth-order valence-corrected chi connectivity index (χ4v) is 3.15. The lowest BCUT2D eigenvalue weighted by molar-refractivity contribution is -0.141. The maximum atomic E-state index is 12.6. The number of hydrogen-bond donors (Lipinski definition) is 0. The van der Waals surface area contributed by atoms with Crippen molar-refractivity contribution in [2.24, 2.45) is 5.92 Å². The zero-order valence-electron chi connectivity index (χ0n) is 15.0. The first-order valence-corrected chi connectivity index (χ1v) is 8.86. The molecule has 3 rings (SSSR count). The van der Waals surface area contributed by atoms with Crippen molar-refractivity contribution in [3.63, 3.8) is 0 Å². The van der Waals surface area contributed by atoms with Crippen LogP contribution in [0.15, 0.2) is 53.1 Å². The molecule has 0 spiro atoms. The van der Waals surface area contributed by atoms with Gasteiger partial charge in [0.1, 0.15) is 11.5 Å². The quantitative estimate of drug-likeness (QED) is 0.798. The Labute approximate surface area is 153 Å². The van der Waals surface area contributed by atoms with E-state index in [9.17, 15) is 9.59 Å². The zero-order chi connectivity index (χ0) is 18.4. The van der Waals surface area contributed by atoms with Crippen molar-refractivity contribution in [3.8, 4) is 5.75 Å². The van der Waals surface area contributed by atoms with Gasteiger partial charge in [0.25, 0.3) is 5.91 Å².